The molecule has 0 bridgehead atoms. The molecular weight excluding hydrogens is 372 g/mol. The highest BCUT2D eigenvalue weighted by Gasteiger charge is 2.28. The highest BCUT2D eigenvalue weighted by molar-refractivity contribution is 5.91. The maximum absolute atomic E-state index is 12.2. The summed E-state index contributed by atoms with van der Waals surface area (Å²) in [7, 11) is 1.67. The minimum atomic E-state index is -0.282. The number of ether oxygens (including phenoxy) is 1. The number of piperazine rings is 1. The van der Waals surface area contributed by atoms with E-state index in [1.54, 1.807) is 19.4 Å². The number of carbonyl (C=O) groups excluding carboxylic acids is 1. The van der Waals surface area contributed by atoms with Gasteiger partial charge in [-0.05, 0) is 36.4 Å². The van der Waals surface area contributed by atoms with E-state index < -0.39 is 0 Å². The fraction of sp³-hybridized carbons (Fsp3) is 0.333. The predicted octanol–water partition coefficient (Wildman–Crippen LogP) is 2.57. The normalized spacial score (nSPS) is 15.8. The summed E-state index contributed by atoms with van der Waals surface area (Å²) in [5.74, 6) is 1.61. The number of carbonyl (C=O) groups is 1. The molecule has 4 rings (SSSR count). The van der Waals surface area contributed by atoms with Crippen LogP contribution in [0.15, 0.2) is 63.9 Å². The number of hydrogen-bond acceptors (Lipinski definition) is 7. The highest BCUT2D eigenvalue weighted by Crippen LogP contribution is 2.25. The van der Waals surface area contributed by atoms with Crippen LogP contribution in [-0.4, -0.2) is 55.8 Å². The van der Waals surface area contributed by atoms with E-state index >= 15 is 0 Å². The summed E-state index contributed by atoms with van der Waals surface area (Å²) < 4.78 is 15.8. The second kappa shape index (κ2) is 8.83. The Kier molecular flexibility index (Phi) is 5.81. The van der Waals surface area contributed by atoms with Gasteiger partial charge in [0.25, 0.3) is 5.91 Å². The predicted molar refractivity (Wildman–Crippen MR) is 107 cm³/mol. The van der Waals surface area contributed by atoms with Gasteiger partial charge in [-0.25, -0.2) is 0 Å². The van der Waals surface area contributed by atoms with E-state index in [0.29, 0.717) is 6.54 Å². The van der Waals surface area contributed by atoms with E-state index in [1.165, 1.54) is 11.9 Å². The Balaban J connectivity index is 1.39. The van der Waals surface area contributed by atoms with E-state index in [9.17, 15) is 4.79 Å². The van der Waals surface area contributed by atoms with Crippen LogP contribution in [0.25, 0.3) is 0 Å². The second-order valence-corrected chi connectivity index (χ2v) is 6.84. The average molecular weight is 396 g/mol. The van der Waals surface area contributed by atoms with Crippen LogP contribution in [0.2, 0.25) is 0 Å². The summed E-state index contributed by atoms with van der Waals surface area (Å²) in [4.78, 5) is 16.9. The molecule has 8 nitrogen and oxygen atoms in total. The molecule has 0 spiro atoms. The topological polar surface area (TPSA) is 84.0 Å². The number of benzene rings is 1. The largest absolute Gasteiger partial charge is 0.497 e. The van der Waals surface area contributed by atoms with Crippen LogP contribution >= 0.6 is 0 Å². The minimum Gasteiger partial charge on any atom is -0.497 e. The summed E-state index contributed by atoms with van der Waals surface area (Å²) in [5.41, 5.74) is 1.18. The van der Waals surface area contributed by atoms with Gasteiger partial charge >= 0.3 is 0 Å². The maximum Gasteiger partial charge on any atom is 0.289 e. The molecule has 152 valence electrons. The van der Waals surface area contributed by atoms with E-state index in [1.807, 2.05) is 24.3 Å². The van der Waals surface area contributed by atoms with Crippen LogP contribution in [0.1, 0.15) is 22.4 Å². The molecule has 3 aromatic rings. The Hall–Kier alpha value is -3.26. The van der Waals surface area contributed by atoms with E-state index in [-0.39, 0.29) is 17.7 Å². The standard InChI is InChI=1S/C21H24N4O4/c1-27-17-6-4-16(5-7-17)24-10-12-25(13-11-24)18(19-3-2-14-28-19)15-22-21(26)20-8-9-23-29-20/h2-9,14,18H,10-13,15H2,1H3,(H,22,26). The number of nitrogens with zero attached hydrogens (tertiary/aromatic N) is 3. The number of furan rings is 1. The van der Waals surface area contributed by atoms with Crippen LogP contribution < -0.4 is 15.0 Å². The number of amides is 1. The molecule has 1 aromatic carbocycles. The lowest BCUT2D eigenvalue weighted by Gasteiger charge is -2.39. The van der Waals surface area contributed by atoms with Gasteiger partial charge in [0.1, 0.15) is 11.5 Å². The zero-order valence-corrected chi connectivity index (χ0v) is 16.3. The lowest BCUT2D eigenvalue weighted by atomic mass is 10.1. The van der Waals surface area contributed by atoms with Crippen molar-refractivity contribution in [3.05, 3.63) is 66.4 Å². The molecular formula is C21H24N4O4. The SMILES string of the molecule is COc1ccc(N2CCN(C(CNC(=O)c3ccno3)c3ccco3)CC2)cc1. The lowest BCUT2D eigenvalue weighted by Crippen LogP contribution is -2.49. The van der Waals surface area contributed by atoms with Crippen molar-refractivity contribution >= 4 is 11.6 Å². The lowest BCUT2D eigenvalue weighted by molar-refractivity contribution is 0.0886. The third-order valence-corrected chi connectivity index (χ3v) is 5.18. The van der Waals surface area contributed by atoms with Gasteiger partial charge in [-0.1, -0.05) is 5.16 Å². The van der Waals surface area contributed by atoms with Crippen molar-refractivity contribution in [2.45, 2.75) is 6.04 Å². The Labute approximate surface area is 169 Å². The fourth-order valence-electron chi connectivity index (χ4n) is 3.58. The third kappa shape index (κ3) is 4.43. The average Bonchev–Trinajstić information content (AvgIpc) is 3.49. The Morgan fingerprint density at radius 1 is 1.17 bits per heavy atom. The van der Waals surface area contributed by atoms with Crippen molar-refractivity contribution in [2.24, 2.45) is 0 Å². The third-order valence-electron chi connectivity index (χ3n) is 5.18. The molecule has 0 radical (unpaired) electrons. The first-order chi connectivity index (χ1) is 14.2. The number of hydrogen-bond donors (Lipinski definition) is 1. The Morgan fingerprint density at radius 3 is 2.59 bits per heavy atom. The molecule has 1 aliphatic rings. The molecule has 0 saturated carbocycles. The quantitative estimate of drug-likeness (QED) is 0.657. The first-order valence-corrected chi connectivity index (χ1v) is 9.60. The summed E-state index contributed by atoms with van der Waals surface area (Å²) in [6, 6.07) is 13.4. The van der Waals surface area contributed by atoms with E-state index in [4.69, 9.17) is 13.7 Å². The van der Waals surface area contributed by atoms with Gasteiger partial charge in [-0.15, -0.1) is 0 Å². The van der Waals surface area contributed by atoms with Crippen molar-refractivity contribution in [3.8, 4) is 5.75 Å². The summed E-state index contributed by atoms with van der Waals surface area (Å²) in [6.07, 6.45) is 3.12. The van der Waals surface area contributed by atoms with Crippen molar-refractivity contribution in [3.63, 3.8) is 0 Å². The molecule has 2 aromatic heterocycles. The van der Waals surface area contributed by atoms with Crippen LogP contribution in [0, 0.1) is 0 Å². The van der Waals surface area contributed by atoms with Gasteiger partial charge in [0.2, 0.25) is 5.76 Å². The molecule has 29 heavy (non-hydrogen) atoms. The van der Waals surface area contributed by atoms with Gasteiger partial charge in [0.15, 0.2) is 0 Å². The zero-order valence-electron chi connectivity index (χ0n) is 16.3. The molecule has 1 N–H and O–H groups in total. The number of nitrogens with one attached hydrogen (secondary N) is 1. The van der Waals surface area contributed by atoms with E-state index in [0.717, 1.165) is 37.7 Å². The zero-order chi connectivity index (χ0) is 20.1. The Bertz CT molecular complexity index is 885. The number of rotatable bonds is 7. The van der Waals surface area contributed by atoms with Gasteiger partial charge < -0.3 is 23.9 Å². The van der Waals surface area contributed by atoms with Gasteiger partial charge in [0, 0.05) is 44.5 Å². The van der Waals surface area contributed by atoms with Crippen LogP contribution in [0.4, 0.5) is 5.69 Å². The molecule has 1 atom stereocenters. The maximum atomic E-state index is 12.2. The van der Waals surface area contributed by atoms with Crippen molar-refractivity contribution in [1.29, 1.82) is 0 Å². The second-order valence-electron chi connectivity index (χ2n) is 6.84. The molecule has 3 heterocycles. The van der Waals surface area contributed by atoms with Gasteiger partial charge in [0.05, 0.1) is 25.6 Å². The van der Waals surface area contributed by atoms with Crippen LogP contribution in [0.5, 0.6) is 5.75 Å². The first-order valence-electron chi connectivity index (χ1n) is 9.60. The molecule has 1 unspecified atom stereocenters. The number of aromatic nitrogens is 1. The van der Waals surface area contributed by atoms with Crippen molar-refractivity contribution in [1.82, 2.24) is 15.4 Å². The summed E-state index contributed by atoms with van der Waals surface area (Å²) >= 11 is 0. The molecule has 0 aliphatic carbocycles. The monoisotopic (exact) mass is 396 g/mol. The van der Waals surface area contributed by atoms with Crippen molar-refractivity contribution in [2.75, 3.05) is 44.7 Å². The molecule has 8 heteroatoms. The number of methoxy groups -OCH3 is 1. The highest BCUT2D eigenvalue weighted by atomic mass is 16.5. The first kappa shape index (κ1) is 19.1. The molecule has 1 aliphatic heterocycles. The van der Waals surface area contributed by atoms with Crippen molar-refractivity contribution < 1.29 is 18.5 Å². The minimum absolute atomic E-state index is 0.0464. The van der Waals surface area contributed by atoms with Crippen LogP contribution in [0.3, 0.4) is 0 Å². The fourth-order valence-corrected chi connectivity index (χ4v) is 3.58. The smallest absolute Gasteiger partial charge is 0.289 e. The Morgan fingerprint density at radius 2 is 1.97 bits per heavy atom. The summed E-state index contributed by atoms with van der Waals surface area (Å²) in [5, 5.41) is 6.50. The molecule has 1 saturated heterocycles. The van der Waals surface area contributed by atoms with Crippen LogP contribution in [-0.2, 0) is 0 Å². The van der Waals surface area contributed by atoms with Gasteiger partial charge in [-0.3, -0.25) is 9.69 Å². The van der Waals surface area contributed by atoms with E-state index in [2.05, 4.69) is 32.4 Å². The van der Waals surface area contributed by atoms with Gasteiger partial charge in [-0.2, -0.15) is 0 Å². The molecule has 1 fully saturated rings. The molecule has 1 amide bonds. The number of anilines is 1. The summed E-state index contributed by atoms with van der Waals surface area (Å²) in [6.45, 7) is 3.92.